The molecule has 3 heteroatoms. The number of carbonyl (C=O) groups is 1. The van der Waals surface area contributed by atoms with Crippen molar-refractivity contribution in [1.29, 1.82) is 0 Å². The molecule has 0 saturated heterocycles. The van der Waals surface area contributed by atoms with E-state index in [0.717, 1.165) is 11.4 Å². The number of hydrogen-bond acceptors (Lipinski definition) is 2. The van der Waals surface area contributed by atoms with Crippen LogP contribution in [0, 0.1) is 0 Å². The molecule has 1 N–H and O–H groups in total. The Morgan fingerprint density at radius 1 is 1.54 bits per heavy atom. The quantitative estimate of drug-likeness (QED) is 0.722. The predicted octanol–water partition coefficient (Wildman–Crippen LogP) is 2.05. The lowest BCUT2D eigenvalue weighted by Crippen LogP contribution is -2.08. The number of rotatable bonds is 3. The van der Waals surface area contributed by atoms with Crippen LogP contribution >= 0.6 is 0 Å². The van der Waals surface area contributed by atoms with Crippen molar-refractivity contribution in [3.63, 3.8) is 0 Å². The number of nitrogens with zero attached hydrogens (tertiary/aromatic N) is 1. The minimum Gasteiger partial charge on any atom is -0.382 e. The highest BCUT2D eigenvalue weighted by atomic mass is 16.1. The highest BCUT2D eigenvalue weighted by Crippen LogP contribution is 2.13. The molecular weight excluding hydrogens is 164 g/mol. The predicted molar refractivity (Wildman–Crippen MR) is 54.2 cm³/mol. The van der Waals surface area contributed by atoms with Gasteiger partial charge in [-0.1, -0.05) is 0 Å². The van der Waals surface area contributed by atoms with E-state index in [1.165, 1.54) is 0 Å². The summed E-state index contributed by atoms with van der Waals surface area (Å²) in [6.45, 7) is 5.72. The average molecular weight is 180 g/mol. The lowest BCUT2D eigenvalue weighted by Gasteiger charge is -2.05. The van der Waals surface area contributed by atoms with Crippen molar-refractivity contribution in [2.75, 3.05) is 5.32 Å². The summed E-state index contributed by atoms with van der Waals surface area (Å²) in [7, 11) is 1.88. The van der Waals surface area contributed by atoms with Gasteiger partial charge in [0.1, 0.15) is 0 Å². The van der Waals surface area contributed by atoms with Gasteiger partial charge < -0.3 is 9.88 Å². The first-order valence-electron chi connectivity index (χ1n) is 4.44. The Morgan fingerprint density at radius 3 is 2.54 bits per heavy atom. The summed E-state index contributed by atoms with van der Waals surface area (Å²) in [6, 6.07) is 2.27. The van der Waals surface area contributed by atoms with E-state index in [0.29, 0.717) is 6.04 Å². The molecule has 0 fully saturated rings. The molecule has 1 aromatic rings. The second kappa shape index (κ2) is 3.64. The Kier molecular flexibility index (Phi) is 2.76. The van der Waals surface area contributed by atoms with E-state index in [1.54, 1.807) is 6.92 Å². The summed E-state index contributed by atoms with van der Waals surface area (Å²) in [4.78, 5) is 11.1. The van der Waals surface area contributed by atoms with Gasteiger partial charge in [0.05, 0.1) is 11.4 Å². The number of hydrogen-bond donors (Lipinski definition) is 1. The van der Waals surface area contributed by atoms with Gasteiger partial charge in [-0.25, -0.2) is 0 Å². The molecule has 72 valence electrons. The molecular formula is C10H16N2O. The van der Waals surface area contributed by atoms with Gasteiger partial charge in [-0.15, -0.1) is 0 Å². The third-order valence-electron chi connectivity index (χ3n) is 1.82. The third-order valence-corrected chi connectivity index (χ3v) is 1.82. The minimum absolute atomic E-state index is 0.0966. The van der Waals surface area contributed by atoms with E-state index in [9.17, 15) is 4.79 Å². The molecule has 1 rings (SSSR count). The van der Waals surface area contributed by atoms with E-state index in [1.807, 2.05) is 23.9 Å². The summed E-state index contributed by atoms with van der Waals surface area (Å²) in [5, 5.41) is 3.25. The van der Waals surface area contributed by atoms with Crippen LogP contribution in [0.3, 0.4) is 0 Å². The largest absolute Gasteiger partial charge is 0.382 e. The van der Waals surface area contributed by atoms with Crippen LogP contribution in [0.25, 0.3) is 0 Å². The van der Waals surface area contributed by atoms with Crippen molar-refractivity contribution < 1.29 is 4.79 Å². The summed E-state index contributed by atoms with van der Waals surface area (Å²) < 4.78 is 1.84. The fraction of sp³-hybridized carbons (Fsp3) is 0.500. The van der Waals surface area contributed by atoms with Crippen LogP contribution in [0.5, 0.6) is 0 Å². The molecule has 0 bridgehead atoms. The molecule has 0 aliphatic carbocycles. The maximum absolute atomic E-state index is 11.1. The van der Waals surface area contributed by atoms with Crippen LogP contribution < -0.4 is 5.32 Å². The molecule has 0 radical (unpaired) electrons. The van der Waals surface area contributed by atoms with Crippen LogP contribution in [0.1, 0.15) is 31.3 Å². The first-order chi connectivity index (χ1) is 6.00. The zero-order valence-electron chi connectivity index (χ0n) is 8.59. The molecule has 1 aromatic heterocycles. The fourth-order valence-electron chi connectivity index (χ4n) is 1.33. The number of aromatic nitrogens is 1. The molecule has 3 nitrogen and oxygen atoms in total. The van der Waals surface area contributed by atoms with Crippen LogP contribution in [-0.4, -0.2) is 16.4 Å². The maximum atomic E-state index is 11.1. The van der Waals surface area contributed by atoms with E-state index in [2.05, 4.69) is 19.2 Å². The van der Waals surface area contributed by atoms with Crippen LogP contribution in [0.15, 0.2) is 12.3 Å². The smallest absolute Gasteiger partial charge is 0.176 e. The van der Waals surface area contributed by atoms with Gasteiger partial charge in [0.2, 0.25) is 0 Å². The number of anilines is 1. The fourth-order valence-corrected chi connectivity index (χ4v) is 1.33. The van der Waals surface area contributed by atoms with Gasteiger partial charge in [0.15, 0.2) is 5.78 Å². The molecule has 0 spiro atoms. The van der Waals surface area contributed by atoms with E-state index < -0.39 is 0 Å². The molecule has 0 amide bonds. The first kappa shape index (κ1) is 9.84. The lowest BCUT2D eigenvalue weighted by molar-refractivity contribution is 0.101. The monoisotopic (exact) mass is 180 g/mol. The summed E-state index contributed by atoms with van der Waals surface area (Å²) in [5.74, 6) is 0.0966. The van der Waals surface area contributed by atoms with Crippen molar-refractivity contribution in [3.05, 3.63) is 18.0 Å². The number of Topliss-reactive ketones (excluding diaryl/α,β-unsaturated/α-hetero) is 1. The topological polar surface area (TPSA) is 34.0 Å². The molecule has 0 aliphatic heterocycles. The second-order valence-corrected chi connectivity index (χ2v) is 3.58. The Hall–Kier alpha value is -1.25. The zero-order chi connectivity index (χ0) is 10.0. The maximum Gasteiger partial charge on any atom is 0.176 e. The minimum atomic E-state index is 0.0966. The van der Waals surface area contributed by atoms with Gasteiger partial charge in [-0.05, 0) is 19.9 Å². The summed E-state index contributed by atoms with van der Waals surface area (Å²) in [5.41, 5.74) is 1.74. The van der Waals surface area contributed by atoms with Crippen molar-refractivity contribution in [3.8, 4) is 0 Å². The average Bonchev–Trinajstić information content (AvgIpc) is 2.29. The Balaban J connectivity index is 2.89. The van der Waals surface area contributed by atoms with Gasteiger partial charge in [0.25, 0.3) is 0 Å². The Morgan fingerprint density at radius 2 is 2.15 bits per heavy atom. The van der Waals surface area contributed by atoms with Gasteiger partial charge in [-0.3, -0.25) is 4.79 Å². The van der Waals surface area contributed by atoms with E-state index in [-0.39, 0.29) is 5.78 Å². The van der Waals surface area contributed by atoms with Crippen molar-refractivity contribution in [2.24, 2.45) is 7.05 Å². The second-order valence-electron chi connectivity index (χ2n) is 3.58. The summed E-state index contributed by atoms with van der Waals surface area (Å²) in [6.07, 6.45) is 1.93. The Labute approximate surface area is 78.8 Å². The molecule has 0 unspecified atom stereocenters. The molecule has 0 aromatic carbocycles. The standard InChI is InChI=1S/C10H16N2O/c1-7(2)11-9-5-10(8(3)13)12(4)6-9/h5-7,11H,1-4H3. The van der Waals surface area contributed by atoms with Crippen molar-refractivity contribution >= 4 is 11.5 Å². The lowest BCUT2D eigenvalue weighted by atomic mass is 10.3. The number of carbonyl (C=O) groups excluding carboxylic acids is 1. The molecule has 0 aliphatic rings. The molecule has 0 atom stereocenters. The van der Waals surface area contributed by atoms with Crippen LogP contribution in [-0.2, 0) is 7.05 Å². The van der Waals surface area contributed by atoms with E-state index >= 15 is 0 Å². The SMILES string of the molecule is CC(=O)c1cc(NC(C)C)cn1C. The Bertz CT molecular complexity index is 313. The normalized spacial score (nSPS) is 10.5. The van der Waals surface area contributed by atoms with E-state index in [4.69, 9.17) is 0 Å². The molecule has 1 heterocycles. The highest BCUT2D eigenvalue weighted by Gasteiger charge is 2.07. The summed E-state index contributed by atoms with van der Waals surface area (Å²) >= 11 is 0. The highest BCUT2D eigenvalue weighted by molar-refractivity contribution is 5.93. The first-order valence-corrected chi connectivity index (χ1v) is 4.44. The van der Waals surface area contributed by atoms with Crippen LogP contribution in [0.2, 0.25) is 0 Å². The van der Waals surface area contributed by atoms with Crippen molar-refractivity contribution in [2.45, 2.75) is 26.8 Å². The van der Waals surface area contributed by atoms with Crippen molar-refractivity contribution in [1.82, 2.24) is 4.57 Å². The van der Waals surface area contributed by atoms with Gasteiger partial charge in [0, 0.05) is 26.2 Å². The zero-order valence-corrected chi connectivity index (χ0v) is 8.59. The van der Waals surface area contributed by atoms with Gasteiger partial charge in [-0.2, -0.15) is 0 Å². The number of aryl methyl sites for hydroxylation is 1. The molecule has 0 saturated carbocycles. The number of nitrogens with one attached hydrogen (secondary N) is 1. The third kappa shape index (κ3) is 2.34. The number of ketones is 1. The van der Waals surface area contributed by atoms with Crippen LogP contribution in [0.4, 0.5) is 5.69 Å². The molecule has 13 heavy (non-hydrogen) atoms. The van der Waals surface area contributed by atoms with Gasteiger partial charge >= 0.3 is 0 Å².